The molecule has 2 aromatic rings. The van der Waals surface area contributed by atoms with Gasteiger partial charge < -0.3 is 5.32 Å². The molecule has 4 heteroatoms. The minimum absolute atomic E-state index is 0.304. The molecule has 1 aromatic heterocycles. The van der Waals surface area contributed by atoms with E-state index in [0.29, 0.717) is 11.3 Å². The highest BCUT2D eigenvalue weighted by atomic mass is 79.9. The van der Waals surface area contributed by atoms with Crippen molar-refractivity contribution < 1.29 is 0 Å². The molecule has 0 saturated heterocycles. The van der Waals surface area contributed by atoms with Crippen molar-refractivity contribution in [1.82, 2.24) is 4.98 Å². The van der Waals surface area contributed by atoms with Crippen LogP contribution < -0.4 is 5.32 Å². The number of hydrogen-bond acceptors (Lipinski definition) is 2. The Labute approximate surface area is 133 Å². The molecule has 3 rings (SSSR count). The van der Waals surface area contributed by atoms with Gasteiger partial charge in [0.2, 0.25) is 0 Å². The highest BCUT2D eigenvalue weighted by Gasteiger charge is 2.23. The second kappa shape index (κ2) is 6.31. The average Bonchev–Trinajstić information content (AvgIpc) is 2.47. The van der Waals surface area contributed by atoms with Gasteiger partial charge in [-0.2, -0.15) is 0 Å². The van der Waals surface area contributed by atoms with E-state index in [-0.39, 0.29) is 0 Å². The quantitative estimate of drug-likeness (QED) is 0.766. The third kappa shape index (κ3) is 2.94. The van der Waals surface area contributed by atoms with Gasteiger partial charge >= 0.3 is 0 Å². The van der Waals surface area contributed by atoms with E-state index in [0.717, 1.165) is 28.6 Å². The van der Waals surface area contributed by atoms with E-state index in [1.807, 2.05) is 18.3 Å². The molecule has 0 radical (unpaired) electrons. The smallest absolute Gasteiger partial charge is 0.133 e. The van der Waals surface area contributed by atoms with Crippen LogP contribution in [0.2, 0.25) is 0 Å². The highest BCUT2D eigenvalue weighted by molar-refractivity contribution is 9.10. The summed E-state index contributed by atoms with van der Waals surface area (Å²) in [6, 6.07) is 8.25. The highest BCUT2D eigenvalue weighted by Crippen LogP contribution is 2.31. The normalized spacial score (nSPS) is 22.9. The molecule has 106 valence electrons. The second-order valence-electron chi connectivity index (χ2n) is 5.44. The van der Waals surface area contributed by atoms with Gasteiger partial charge in [-0.05, 0) is 30.9 Å². The number of rotatable bonds is 3. The lowest BCUT2D eigenvalue weighted by atomic mass is 9.89. The van der Waals surface area contributed by atoms with Crippen LogP contribution in [-0.2, 0) is 0 Å². The Kier molecular flexibility index (Phi) is 4.47. The Morgan fingerprint density at radius 2 is 2.05 bits per heavy atom. The summed E-state index contributed by atoms with van der Waals surface area (Å²) in [7, 11) is 0. The van der Waals surface area contributed by atoms with Crippen molar-refractivity contribution in [2.24, 2.45) is 5.92 Å². The van der Waals surface area contributed by atoms with Crippen molar-refractivity contribution in [3.63, 3.8) is 0 Å². The molecule has 1 aliphatic rings. The zero-order valence-electron chi connectivity index (χ0n) is 11.3. The van der Waals surface area contributed by atoms with E-state index in [1.165, 1.54) is 24.6 Å². The van der Waals surface area contributed by atoms with E-state index in [9.17, 15) is 0 Å². The maximum absolute atomic E-state index is 6.42. The van der Waals surface area contributed by atoms with Gasteiger partial charge in [-0.3, -0.25) is 0 Å². The maximum Gasteiger partial charge on any atom is 0.133 e. The first-order chi connectivity index (χ1) is 9.75. The Bertz CT molecular complexity index is 602. The molecule has 2 unspecified atom stereocenters. The van der Waals surface area contributed by atoms with Gasteiger partial charge in [-0.25, -0.2) is 4.98 Å². The van der Waals surface area contributed by atoms with Crippen LogP contribution in [0.1, 0.15) is 25.7 Å². The Morgan fingerprint density at radius 1 is 1.20 bits per heavy atom. The second-order valence-corrected chi connectivity index (χ2v) is 6.85. The number of anilines is 1. The Hall–Kier alpha value is -0.800. The molecule has 1 saturated carbocycles. The molecule has 1 fully saturated rings. The van der Waals surface area contributed by atoms with Gasteiger partial charge in [0, 0.05) is 33.4 Å². The van der Waals surface area contributed by atoms with E-state index >= 15 is 0 Å². The number of aromatic nitrogens is 1. The molecule has 0 spiro atoms. The fourth-order valence-electron chi connectivity index (χ4n) is 2.93. The van der Waals surface area contributed by atoms with E-state index in [4.69, 9.17) is 11.6 Å². The first-order valence-electron chi connectivity index (χ1n) is 7.17. The van der Waals surface area contributed by atoms with E-state index in [1.54, 1.807) is 0 Å². The van der Waals surface area contributed by atoms with Crippen LogP contribution in [0.4, 0.5) is 5.82 Å². The van der Waals surface area contributed by atoms with E-state index < -0.39 is 0 Å². The fraction of sp³-hybridized carbons (Fsp3) is 0.438. The topological polar surface area (TPSA) is 24.9 Å². The minimum atomic E-state index is 0.304. The summed E-state index contributed by atoms with van der Waals surface area (Å²) in [5.74, 6) is 1.51. The van der Waals surface area contributed by atoms with Crippen LogP contribution in [0.15, 0.2) is 34.9 Å². The van der Waals surface area contributed by atoms with Gasteiger partial charge in [0.15, 0.2) is 0 Å². The van der Waals surface area contributed by atoms with Crippen LogP contribution in [-0.4, -0.2) is 16.9 Å². The molecule has 0 aliphatic heterocycles. The summed E-state index contributed by atoms with van der Waals surface area (Å²) >= 11 is 10.0. The third-order valence-corrected chi connectivity index (χ3v) is 5.37. The SMILES string of the molecule is ClC1CCCCC1CNc1nccc2c(Br)cccc12. The molecule has 0 amide bonds. The fourth-order valence-corrected chi connectivity index (χ4v) is 3.80. The lowest BCUT2D eigenvalue weighted by molar-refractivity contribution is 0.380. The Morgan fingerprint density at radius 3 is 2.90 bits per heavy atom. The monoisotopic (exact) mass is 352 g/mol. The number of benzene rings is 1. The minimum Gasteiger partial charge on any atom is -0.369 e. The van der Waals surface area contributed by atoms with Crippen LogP contribution in [0.25, 0.3) is 10.8 Å². The van der Waals surface area contributed by atoms with Crippen molar-refractivity contribution in [3.8, 4) is 0 Å². The number of pyridine rings is 1. The molecule has 1 heterocycles. The summed E-state index contributed by atoms with van der Waals surface area (Å²) in [6.45, 7) is 0.910. The first kappa shape index (κ1) is 14.2. The van der Waals surface area contributed by atoms with Crippen LogP contribution >= 0.6 is 27.5 Å². The summed E-state index contributed by atoms with van der Waals surface area (Å²) in [6.07, 6.45) is 6.78. The van der Waals surface area contributed by atoms with Crippen LogP contribution in [0.3, 0.4) is 0 Å². The molecular formula is C16H18BrClN2. The van der Waals surface area contributed by atoms with Gasteiger partial charge in [0.1, 0.15) is 5.82 Å². The molecule has 1 aromatic carbocycles. The predicted octanol–water partition coefficient (Wildman–Crippen LogP) is 5.21. The number of halogens is 2. The summed E-state index contributed by atoms with van der Waals surface area (Å²) in [5.41, 5.74) is 0. The van der Waals surface area contributed by atoms with Crippen molar-refractivity contribution in [2.75, 3.05) is 11.9 Å². The first-order valence-corrected chi connectivity index (χ1v) is 8.40. The molecule has 1 aliphatic carbocycles. The molecule has 2 nitrogen and oxygen atoms in total. The van der Waals surface area contributed by atoms with Crippen LogP contribution in [0.5, 0.6) is 0 Å². The van der Waals surface area contributed by atoms with Crippen molar-refractivity contribution in [3.05, 3.63) is 34.9 Å². The third-order valence-electron chi connectivity index (χ3n) is 4.10. The number of fused-ring (bicyclic) bond motifs is 1. The lowest BCUT2D eigenvalue weighted by Gasteiger charge is -2.27. The summed E-state index contributed by atoms with van der Waals surface area (Å²) in [5, 5.41) is 6.15. The van der Waals surface area contributed by atoms with Crippen LogP contribution in [0, 0.1) is 5.92 Å². The van der Waals surface area contributed by atoms with E-state index in [2.05, 4.69) is 38.4 Å². The van der Waals surface area contributed by atoms with Gasteiger partial charge in [0.05, 0.1) is 0 Å². The van der Waals surface area contributed by atoms with Crippen molar-refractivity contribution >= 4 is 44.1 Å². The zero-order valence-corrected chi connectivity index (χ0v) is 13.6. The Balaban J connectivity index is 1.79. The van der Waals surface area contributed by atoms with Gasteiger partial charge in [-0.1, -0.05) is 40.9 Å². The van der Waals surface area contributed by atoms with Crippen molar-refractivity contribution in [1.29, 1.82) is 0 Å². The maximum atomic E-state index is 6.42. The average molecular weight is 354 g/mol. The number of nitrogens with one attached hydrogen (secondary N) is 1. The van der Waals surface area contributed by atoms with Gasteiger partial charge in [-0.15, -0.1) is 11.6 Å². The number of hydrogen-bond donors (Lipinski definition) is 1. The number of alkyl halides is 1. The standard InChI is InChI=1S/C16H18BrClN2/c17-14-6-3-5-13-12(14)8-9-19-16(13)20-10-11-4-1-2-7-15(11)18/h3,5-6,8-9,11,15H,1-2,4,7,10H2,(H,19,20). The molecule has 20 heavy (non-hydrogen) atoms. The number of nitrogens with zero attached hydrogens (tertiary/aromatic N) is 1. The summed E-state index contributed by atoms with van der Waals surface area (Å²) < 4.78 is 1.10. The lowest BCUT2D eigenvalue weighted by Crippen LogP contribution is -2.27. The van der Waals surface area contributed by atoms with Gasteiger partial charge in [0.25, 0.3) is 0 Å². The summed E-state index contributed by atoms with van der Waals surface area (Å²) in [4.78, 5) is 4.48. The van der Waals surface area contributed by atoms with Crippen molar-refractivity contribution in [2.45, 2.75) is 31.1 Å². The molecule has 2 atom stereocenters. The molecule has 1 N–H and O–H groups in total. The largest absolute Gasteiger partial charge is 0.369 e. The predicted molar refractivity (Wildman–Crippen MR) is 89.5 cm³/mol. The molecule has 0 bridgehead atoms. The molecular weight excluding hydrogens is 336 g/mol. The zero-order chi connectivity index (χ0) is 13.9.